The van der Waals surface area contributed by atoms with E-state index in [9.17, 15) is 8.78 Å². The van der Waals surface area contributed by atoms with Gasteiger partial charge in [0.2, 0.25) is 0 Å². The minimum absolute atomic E-state index is 0.146. The van der Waals surface area contributed by atoms with Crippen LogP contribution in [0.2, 0.25) is 0 Å². The molecule has 0 saturated carbocycles. The number of aliphatic hydroxyl groups is 2. The molecule has 0 spiro atoms. The third-order valence-corrected chi connectivity index (χ3v) is 1.63. The van der Waals surface area contributed by atoms with Crippen LogP contribution in [-0.2, 0) is 0 Å². The maximum atomic E-state index is 12.4. The Hall–Kier alpha value is -0.260. The first-order chi connectivity index (χ1) is 6.12. The summed E-state index contributed by atoms with van der Waals surface area (Å²) < 4.78 is 24.8. The van der Waals surface area contributed by atoms with Gasteiger partial charge in [0.05, 0.1) is 6.54 Å². The largest absolute Gasteiger partial charge is 0.396 e. The molecule has 3 N–H and O–H groups in total. The molecule has 0 aromatic heterocycles. The SMILES string of the molecule is OCCCCCNCC(F)(F)CO. The van der Waals surface area contributed by atoms with Gasteiger partial charge < -0.3 is 15.5 Å². The van der Waals surface area contributed by atoms with Crippen molar-refractivity contribution in [2.75, 3.05) is 26.3 Å². The van der Waals surface area contributed by atoms with E-state index in [4.69, 9.17) is 10.2 Å². The van der Waals surface area contributed by atoms with E-state index in [-0.39, 0.29) is 6.61 Å². The highest BCUT2D eigenvalue weighted by molar-refractivity contribution is 4.67. The van der Waals surface area contributed by atoms with Gasteiger partial charge in [0.15, 0.2) is 0 Å². The van der Waals surface area contributed by atoms with E-state index in [1.54, 1.807) is 0 Å². The van der Waals surface area contributed by atoms with Gasteiger partial charge in [0, 0.05) is 6.61 Å². The number of hydrogen-bond donors (Lipinski definition) is 3. The van der Waals surface area contributed by atoms with Crippen molar-refractivity contribution in [3.8, 4) is 0 Å². The Balaban J connectivity index is 3.16. The summed E-state index contributed by atoms with van der Waals surface area (Å²) >= 11 is 0. The van der Waals surface area contributed by atoms with E-state index >= 15 is 0 Å². The van der Waals surface area contributed by atoms with Gasteiger partial charge >= 0.3 is 0 Å². The smallest absolute Gasteiger partial charge is 0.282 e. The zero-order chi connectivity index (χ0) is 10.2. The van der Waals surface area contributed by atoms with E-state index in [1.165, 1.54) is 0 Å². The third-order valence-electron chi connectivity index (χ3n) is 1.63. The van der Waals surface area contributed by atoms with Gasteiger partial charge in [-0.15, -0.1) is 0 Å². The Kier molecular flexibility index (Phi) is 7.03. The van der Waals surface area contributed by atoms with Crippen LogP contribution in [0.4, 0.5) is 8.78 Å². The lowest BCUT2D eigenvalue weighted by molar-refractivity contribution is -0.0474. The summed E-state index contributed by atoms with van der Waals surface area (Å²) in [5, 5.41) is 19.2. The van der Waals surface area contributed by atoms with Crippen LogP contribution in [0.3, 0.4) is 0 Å². The Bertz CT molecular complexity index is 123. The molecule has 0 aromatic rings. The minimum atomic E-state index is -3.02. The number of nitrogens with one attached hydrogen (secondary N) is 1. The fourth-order valence-electron chi connectivity index (χ4n) is 0.866. The summed E-state index contributed by atoms with van der Waals surface area (Å²) in [6, 6.07) is 0. The van der Waals surface area contributed by atoms with Crippen molar-refractivity contribution in [1.82, 2.24) is 5.32 Å². The summed E-state index contributed by atoms with van der Waals surface area (Å²) in [7, 11) is 0. The van der Waals surface area contributed by atoms with E-state index in [2.05, 4.69) is 5.32 Å². The normalized spacial score (nSPS) is 12.0. The van der Waals surface area contributed by atoms with Crippen LogP contribution in [0.25, 0.3) is 0 Å². The molecule has 0 aliphatic carbocycles. The zero-order valence-electron chi connectivity index (χ0n) is 7.60. The number of rotatable bonds is 8. The van der Waals surface area contributed by atoms with E-state index in [0.29, 0.717) is 13.0 Å². The molecule has 0 saturated heterocycles. The summed E-state index contributed by atoms with van der Waals surface area (Å²) in [5.41, 5.74) is 0. The fraction of sp³-hybridized carbons (Fsp3) is 1.00. The third kappa shape index (κ3) is 8.08. The molecule has 0 atom stereocenters. The van der Waals surface area contributed by atoms with Crippen molar-refractivity contribution in [1.29, 1.82) is 0 Å². The van der Waals surface area contributed by atoms with Crippen LogP contribution >= 0.6 is 0 Å². The van der Waals surface area contributed by atoms with Crippen molar-refractivity contribution >= 4 is 0 Å². The van der Waals surface area contributed by atoms with Crippen LogP contribution in [0.5, 0.6) is 0 Å². The number of unbranched alkanes of at least 4 members (excludes halogenated alkanes) is 2. The Morgan fingerprint density at radius 3 is 2.31 bits per heavy atom. The van der Waals surface area contributed by atoms with Crippen molar-refractivity contribution in [3.05, 3.63) is 0 Å². The van der Waals surface area contributed by atoms with Gasteiger partial charge in [-0.3, -0.25) is 0 Å². The minimum Gasteiger partial charge on any atom is -0.396 e. The van der Waals surface area contributed by atoms with Gasteiger partial charge in [-0.25, -0.2) is 8.78 Å². The average molecular weight is 197 g/mol. The molecule has 0 radical (unpaired) electrons. The van der Waals surface area contributed by atoms with E-state index in [1.807, 2.05) is 0 Å². The van der Waals surface area contributed by atoms with Crippen molar-refractivity contribution in [2.45, 2.75) is 25.2 Å². The molecule has 5 heteroatoms. The number of halogens is 2. The molecule has 0 heterocycles. The maximum absolute atomic E-state index is 12.4. The molecule has 0 bridgehead atoms. The Labute approximate surface area is 76.8 Å². The first-order valence-corrected chi connectivity index (χ1v) is 4.42. The van der Waals surface area contributed by atoms with Gasteiger partial charge in [0.25, 0.3) is 5.92 Å². The van der Waals surface area contributed by atoms with Crippen molar-refractivity contribution in [3.63, 3.8) is 0 Å². The predicted octanol–water partition coefficient (Wildman–Crippen LogP) is 0.366. The molecule has 0 aromatic carbocycles. The van der Waals surface area contributed by atoms with Crippen LogP contribution in [0.1, 0.15) is 19.3 Å². The van der Waals surface area contributed by atoms with Crippen molar-refractivity contribution in [2.24, 2.45) is 0 Å². The van der Waals surface area contributed by atoms with Crippen molar-refractivity contribution < 1.29 is 19.0 Å². The average Bonchev–Trinajstić information content (AvgIpc) is 2.11. The second kappa shape index (κ2) is 7.17. The summed E-state index contributed by atoms with van der Waals surface area (Å²) in [5.74, 6) is -3.02. The molecule has 80 valence electrons. The van der Waals surface area contributed by atoms with E-state index < -0.39 is 19.1 Å². The van der Waals surface area contributed by atoms with Crippen LogP contribution in [0, 0.1) is 0 Å². The molecule has 0 unspecified atom stereocenters. The van der Waals surface area contributed by atoms with Crippen LogP contribution < -0.4 is 5.32 Å². The highest BCUT2D eigenvalue weighted by Gasteiger charge is 2.26. The molecule has 0 rings (SSSR count). The number of alkyl halides is 2. The van der Waals surface area contributed by atoms with Crippen LogP contribution in [-0.4, -0.2) is 42.4 Å². The number of aliphatic hydroxyl groups excluding tert-OH is 2. The quantitative estimate of drug-likeness (QED) is 0.493. The molecule has 0 fully saturated rings. The molecular weight excluding hydrogens is 180 g/mol. The van der Waals surface area contributed by atoms with Crippen LogP contribution in [0.15, 0.2) is 0 Å². The lowest BCUT2D eigenvalue weighted by Gasteiger charge is -2.13. The molecule has 0 amide bonds. The first-order valence-electron chi connectivity index (χ1n) is 4.42. The molecular formula is C8H17F2NO2. The monoisotopic (exact) mass is 197 g/mol. The number of hydrogen-bond acceptors (Lipinski definition) is 3. The fourth-order valence-corrected chi connectivity index (χ4v) is 0.866. The zero-order valence-corrected chi connectivity index (χ0v) is 7.60. The molecule has 3 nitrogen and oxygen atoms in total. The lowest BCUT2D eigenvalue weighted by Crippen LogP contribution is -2.36. The van der Waals surface area contributed by atoms with Gasteiger partial charge in [-0.1, -0.05) is 0 Å². The topological polar surface area (TPSA) is 52.5 Å². The highest BCUT2D eigenvalue weighted by Crippen LogP contribution is 2.09. The summed E-state index contributed by atoms with van der Waals surface area (Å²) in [6.07, 6.45) is 2.30. The second-order valence-corrected chi connectivity index (χ2v) is 2.98. The second-order valence-electron chi connectivity index (χ2n) is 2.98. The summed E-state index contributed by atoms with van der Waals surface area (Å²) in [6.45, 7) is -0.957. The van der Waals surface area contributed by atoms with Gasteiger partial charge in [0.1, 0.15) is 6.61 Å². The van der Waals surface area contributed by atoms with E-state index in [0.717, 1.165) is 12.8 Å². The maximum Gasteiger partial charge on any atom is 0.282 e. The van der Waals surface area contributed by atoms with Gasteiger partial charge in [-0.2, -0.15) is 0 Å². The molecule has 13 heavy (non-hydrogen) atoms. The standard InChI is InChI=1S/C8H17F2NO2/c9-8(10,7-13)6-11-4-2-1-3-5-12/h11-13H,1-7H2. The molecule has 0 aliphatic rings. The Morgan fingerprint density at radius 2 is 1.77 bits per heavy atom. The first kappa shape index (κ1) is 12.7. The Morgan fingerprint density at radius 1 is 1.08 bits per heavy atom. The predicted molar refractivity (Wildman–Crippen MR) is 45.8 cm³/mol. The van der Waals surface area contributed by atoms with Gasteiger partial charge in [-0.05, 0) is 25.8 Å². The molecule has 0 aliphatic heterocycles. The lowest BCUT2D eigenvalue weighted by atomic mass is 10.2. The highest BCUT2D eigenvalue weighted by atomic mass is 19.3. The summed E-state index contributed by atoms with van der Waals surface area (Å²) in [4.78, 5) is 0.